The fraction of sp³-hybridized carbons (Fsp3) is 0.250. The summed E-state index contributed by atoms with van der Waals surface area (Å²) in [4.78, 5) is 14.6. The standard InChI is InChI=1S/C16H16N2O4.ClH/c1-9-14(19)10(7-18(2)3)6-11-15(20)12(8-21-16(9)11)13-4-5-22-17-13;/h4-6,8,19H,7H2,1-3H3;1H. The molecule has 0 aliphatic rings. The van der Waals surface area contributed by atoms with Crippen LogP contribution in [0, 0.1) is 6.92 Å². The van der Waals surface area contributed by atoms with E-state index in [9.17, 15) is 9.90 Å². The van der Waals surface area contributed by atoms with Crippen molar-refractivity contribution in [3.8, 4) is 17.0 Å². The van der Waals surface area contributed by atoms with Gasteiger partial charge in [-0.05, 0) is 27.1 Å². The number of benzene rings is 1. The van der Waals surface area contributed by atoms with E-state index in [1.165, 1.54) is 12.5 Å². The molecule has 2 aromatic heterocycles. The van der Waals surface area contributed by atoms with Gasteiger partial charge in [0.25, 0.3) is 0 Å². The molecule has 3 rings (SSSR count). The van der Waals surface area contributed by atoms with Crippen LogP contribution in [0.2, 0.25) is 0 Å². The van der Waals surface area contributed by atoms with E-state index in [0.717, 1.165) is 0 Å². The molecule has 2 heterocycles. The van der Waals surface area contributed by atoms with Crippen molar-refractivity contribution in [3.63, 3.8) is 0 Å². The van der Waals surface area contributed by atoms with Gasteiger partial charge in [0, 0.05) is 23.7 Å². The second-order valence-electron chi connectivity index (χ2n) is 5.49. The molecular weight excluding hydrogens is 320 g/mol. The van der Waals surface area contributed by atoms with Crippen molar-refractivity contribution in [2.75, 3.05) is 14.1 Å². The highest BCUT2D eigenvalue weighted by atomic mass is 35.5. The lowest BCUT2D eigenvalue weighted by molar-refractivity contribution is 0.385. The van der Waals surface area contributed by atoms with Gasteiger partial charge in [0.05, 0.1) is 10.9 Å². The normalized spacial score (nSPS) is 11.0. The van der Waals surface area contributed by atoms with Crippen LogP contribution in [0.1, 0.15) is 11.1 Å². The lowest BCUT2D eigenvalue weighted by Crippen LogP contribution is -2.12. The summed E-state index contributed by atoms with van der Waals surface area (Å²) in [5.74, 6) is 0.151. The van der Waals surface area contributed by atoms with Crippen LogP contribution in [0.4, 0.5) is 0 Å². The topological polar surface area (TPSA) is 79.7 Å². The van der Waals surface area contributed by atoms with Gasteiger partial charge in [-0.1, -0.05) is 5.16 Å². The highest BCUT2D eigenvalue weighted by Gasteiger charge is 2.17. The predicted octanol–water partition coefficient (Wildman–Crippen LogP) is 2.95. The summed E-state index contributed by atoms with van der Waals surface area (Å²) >= 11 is 0. The van der Waals surface area contributed by atoms with Crippen LogP contribution in [-0.2, 0) is 6.54 Å². The van der Waals surface area contributed by atoms with Crippen molar-refractivity contribution < 1.29 is 14.0 Å². The summed E-state index contributed by atoms with van der Waals surface area (Å²) in [6, 6.07) is 3.28. The summed E-state index contributed by atoms with van der Waals surface area (Å²) in [5, 5.41) is 14.5. The minimum absolute atomic E-state index is 0. The van der Waals surface area contributed by atoms with Gasteiger partial charge >= 0.3 is 0 Å². The number of fused-ring (bicyclic) bond motifs is 1. The molecule has 0 amide bonds. The number of halogens is 1. The molecule has 0 bridgehead atoms. The zero-order chi connectivity index (χ0) is 15.9. The van der Waals surface area contributed by atoms with Gasteiger partial charge in [-0.15, -0.1) is 12.4 Å². The van der Waals surface area contributed by atoms with Crippen molar-refractivity contribution in [3.05, 3.63) is 46.0 Å². The molecule has 0 saturated heterocycles. The Morgan fingerprint density at radius 2 is 2.09 bits per heavy atom. The second-order valence-corrected chi connectivity index (χ2v) is 5.49. The highest BCUT2D eigenvalue weighted by Crippen LogP contribution is 2.31. The maximum absolute atomic E-state index is 12.7. The molecule has 0 radical (unpaired) electrons. The van der Waals surface area contributed by atoms with Crippen LogP contribution in [0.3, 0.4) is 0 Å². The van der Waals surface area contributed by atoms with E-state index in [0.29, 0.717) is 39.9 Å². The van der Waals surface area contributed by atoms with Gasteiger partial charge in [0.1, 0.15) is 29.6 Å². The fourth-order valence-electron chi connectivity index (χ4n) is 2.48. The molecule has 0 unspecified atom stereocenters. The van der Waals surface area contributed by atoms with Gasteiger partial charge in [-0.3, -0.25) is 4.79 Å². The largest absolute Gasteiger partial charge is 0.507 e. The van der Waals surface area contributed by atoms with Crippen LogP contribution in [0.15, 0.2) is 38.4 Å². The Bertz CT molecular complexity index is 885. The maximum Gasteiger partial charge on any atom is 0.202 e. The van der Waals surface area contributed by atoms with E-state index in [-0.39, 0.29) is 23.6 Å². The van der Waals surface area contributed by atoms with Crippen LogP contribution in [0.5, 0.6) is 5.75 Å². The Kier molecular flexibility index (Phi) is 4.77. The Balaban J connectivity index is 0.00000192. The molecular formula is C16H17ClN2O4. The number of hydrogen-bond donors (Lipinski definition) is 1. The third-order valence-corrected chi connectivity index (χ3v) is 3.55. The highest BCUT2D eigenvalue weighted by molar-refractivity contribution is 5.86. The van der Waals surface area contributed by atoms with Gasteiger partial charge in [-0.2, -0.15) is 0 Å². The molecule has 122 valence electrons. The summed E-state index contributed by atoms with van der Waals surface area (Å²) in [7, 11) is 3.79. The minimum Gasteiger partial charge on any atom is -0.507 e. The van der Waals surface area contributed by atoms with E-state index >= 15 is 0 Å². The summed E-state index contributed by atoms with van der Waals surface area (Å²) < 4.78 is 10.3. The first-order chi connectivity index (χ1) is 10.5. The quantitative estimate of drug-likeness (QED) is 0.792. The number of aryl methyl sites for hydroxylation is 1. The first kappa shape index (κ1) is 17.1. The van der Waals surface area contributed by atoms with Gasteiger partial charge in [0.2, 0.25) is 5.43 Å². The Morgan fingerprint density at radius 1 is 1.35 bits per heavy atom. The van der Waals surface area contributed by atoms with E-state index in [2.05, 4.69) is 5.16 Å². The van der Waals surface area contributed by atoms with Gasteiger partial charge < -0.3 is 18.9 Å². The molecule has 7 heteroatoms. The summed E-state index contributed by atoms with van der Waals surface area (Å²) in [6.45, 7) is 2.26. The van der Waals surface area contributed by atoms with Crippen LogP contribution in [0.25, 0.3) is 22.2 Å². The van der Waals surface area contributed by atoms with Gasteiger partial charge in [0.15, 0.2) is 0 Å². The lowest BCUT2D eigenvalue weighted by atomic mass is 10.0. The first-order valence-electron chi connectivity index (χ1n) is 6.81. The minimum atomic E-state index is -0.196. The molecule has 1 aromatic carbocycles. The monoisotopic (exact) mass is 336 g/mol. The average Bonchev–Trinajstić information content (AvgIpc) is 2.99. The molecule has 0 atom stereocenters. The number of rotatable bonds is 3. The third-order valence-electron chi connectivity index (χ3n) is 3.55. The van der Waals surface area contributed by atoms with E-state index in [1.54, 1.807) is 19.1 Å². The molecule has 0 spiro atoms. The number of hydrogen-bond acceptors (Lipinski definition) is 6. The van der Waals surface area contributed by atoms with Crippen LogP contribution < -0.4 is 5.43 Å². The molecule has 23 heavy (non-hydrogen) atoms. The van der Waals surface area contributed by atoms with Crippen LogP contribution in [-0.4, -0.2) is 29.3 Å². The predicted molar refractivity (Wildman–Crippen MR) is 89.0 cm³/mol. The van der Waals surface area contributed by atoms with Crippen molar-refractivity contribution >= 4 is 23.4 Å². The molecule has 6 nitrogen and oxygen atoms in total. The summed E-state index contributed by atoms with van der Waals surface area (Å²) in [5.41, 5.74) is 2.19. The van der Waals surface area contributed by atoms with Gasteiger partial charge in [-0.25, -0.2) is 0 Å². The van der Waals surface area contributed by atoms with Crippen molar-refractivity contribution in [1.82, 2.24) is 10.1 Å². The first-order valence-corrected chi connectivity index (χ1v) is 6.81. The molecule has 0 fully saturated rings. The maximum atomic E-state index is 12.7. The Morgan fingerprint density at radius 3 is 2.70 bits per heavy atom. The molecule has 0 aliphatic carbocycles. The molecule has 0 saturated carbocycles. The third kappa shape index (κ3) is 2.95. The molecule has 1 N–H and O–H groups in total. The Hall–Kier alpha value is -2.31. The molecule has 3 aromatic rings. The SMILES string of the molecule is Cc1c(O)c(CN(C)C)cc2c(=O)c(-c3ccon3)coc12.Cl. The number of aromatic hydroxyl groups is 1. The molecule has 0 aliphatic heterocycles. The zero-order valence-electron chi connectivity index (χ0n) is 13.0. The summed E-state index contributed by atoms with van der Waals surface area (Å²) in [6.07, 6.45) is 2.75. The van der Waals surface area contributed by atoms with E-state index in [1.807, 2.05) is 19.0 Å². The number of nitrogens with zero attached hydrogens (tertiary/aromatic N) is 2. The number of phenolic OH excluding ortho intramolecular Hbond substituents is 1. The zero-order valence-corrected chi connectivity index (χ0v) is 13.8. The Labute approximate surface area is 138 Å². The second kappa shape index (κ2) is 6.44. The number of aromatic nitrogens is 1. The average molecular weight is 337 g/mol. The van der Waals surface area contributed by atoms with Crippen LogP contribution >= 0.6 is 12.4 Å². The van der Waals surface area contributed by atoms with E-state index < -0.39 is 0 Å². The number of phenols is 1. The smallest absolute Gasteiger partial charge is 0.202 e. The fourth-order valence-corrected chi connectivity index (χ4v) is 2.48. The van der Waals surface area contributed by atoms with Crippen molar-refractivity contribution in [2.45, 2.75) is 13.5 Å². The van der Waals surface area contributed by atoms with E-state index in [4.69, 9.17) is 8.94 Å². The van der Waals surface area contributed by atoms with Crippen molar-refractivity contribution in [1.29, 1.82) is 0 Å². The van der Waals surface area contributed by atoms with Crippen molar-refractivity contribution in [2.24, 2.45) is 0 Å². The lowest BCUT2D eigenvalue weighted by Gasteiger charge is -2.14.